The quantitative estimate of drug-likeness (QED) is 0.355. The minimum absolute atomic E-state index is 0.515. The summed E-state index contributed by atoms with van der Waals surface area (Å²) in [5, 5.41) is 8.54. The highest BCUT2D eigenvalue weighted by Gasteiger charge is 2.06. The second-order valence-corrected chi connectivity index (χ2v) is 6.34. The van der Waals surface area contributed by atoms with E-state index in [9.17, 15) is 4.79 Å². The van der Waals surface area contributed by atoms with Gasteiger partial charge in [-0.1, -0.05) is 54.1 Å². The van der Waals surface area contributed by atoms with Crippen LogP contribution in [-0.4, -0.2) is 6.08 Å². The Balaban J connectivity index is 1.81. The van der Waals surface area contributed by atoms with Gasteiger partial charge in [-0.15, -0.1) is 5.26 Å². The number of rotatable bonds is 6. The molecule has 0 aliphatic rings. The summed E-state index contributed by atoms with van der Waals surface area (Å²) in [4.78, 5) is 14.8. The summed E-state index contributed by atoms with van der Waals surface area (Å²) >= 11 is 0. The zero-order chi connectivity index (χ0) is 19.1. The van der Waals surface area contributed by atoms with Crippen molar-refractivity contribution >= 4 is 11.8 Å². The van der Waals surface area contributed by atoms with Crippen molar-refractivity contribution in [2.45, 2.75) is 19.8 Å². The third kappa shape index (κ3) is 4.92. The van der Waals surface area contributed by atoms with Crippen LogP contribution in [0.25, 0.3) is 0 Å². The Morgan fingerprint density at radius 2 is 1.52 bits per heavy atom. The lowest BCUT2D eigenvalue weighted by molar-refractivity contribution is 0.507. The van der Waals surface area contributed by atoms with Crippen LogP contribution in [0.4, 0.5) is 5.69 Å². The molecule has 0 amide bonds. The van der Waals surface area contributed by atoms with Crippen LogP contribution >= 0.6 is 0 Å². The first-order valence-corrected chi connectivity index (χ1v) is 8.58. The molecule has 0 aromatic heterocycles. The molecule has 0 heterocycles. The third-order valence-corrected chi connectivity index (χ3v) is 4.33. The van der Waals surface area contributed by atoms with Gasteiger partial charge in [-0.25, -0.2) is 4.79 Å². The Morgan fingerprint density at radius 1 is 0.889 bits per heavy atom. The molecule has 3 aromatic rings. The summed E-state index contributed by atoms with van der Waals surface area (Å²) in [6.07, 6.45) is 4.72. The molecule has 3 aromatic carbocycles. The van der Waals surface area contributed by atoms with Crippen molar-refractivity contribution in [2.75, 3.05) is 0 Å². The summed E-state index contributed by atoms with van der Waals surface area (Å²) in [5.41, 5.74) is 6.14. The number of hydrogen-bond acceptors (Lipinski definition) is 4. The van der Waals surface area contributed by atoms with Crippen LogP contribution in [0.15, 0.2) is 71.7 Å². The lowest BCUT2D eigenvalue weighted by atomic mass is 9.98. The zero-order valence-electron chi connectivity index (χ0n) is 15.0. The number of aryl methyl sites for hydroxylation is 1. The number of isocyanates is 1. The summed E-state index contributed by atoms with van der Waals surface area (Å²) in [7, 11) is 0. The van der Waals surface area contributed by atoms with E-state index in [0.717, 1.165) is 16.7 Å². The molecule has 3 rings (SSSR count). The molecule has 27 heavy (non-hydrogen) atoms. The van der Waals surface area contributed by atoms with Crippen LogP contribution in [-0.2, 0) is 17.6 Å². The first-order chi connectivity index (χ1) is 13.2. The van der Waals surface area contributed by atoms with Crippen molar-refractivity contribution in [3.8, 4) is 12.0 Å². The molecule has 0 unspecified atom stereocenters. The van der Waals surface area contributed by atoms with Crippen LogP contribution in [0.3, 0.4) is 0 Å². The van der Waals surface area contributed by atoms with E-state index in [4.69, 9.17) is 10.00 Å². The number of benzene rings is 3. The molecule has 0 spiro atoms. The molecule has 0 saturated carbocycles. The minimum atomic E-state index is 0.515. The van der Waals surface area contributed by atoms with Gasteiger partial charge < -0.3 is 4.74 Å². The molecule has 0 atom stereocenters. The Bertz CT molecular complexity index is 1010. The molecule has 4 heteroatoms. The third-order valence-electron chi connectivity index (χ3n) is 4.33. The molecule has 132 valence electrons. The lowest BCUT2D eigenvalue weighted by Crippen LogP contribution is -1.93. The molecule has 0 N–H and O–H groups in total. The monoisotopic (exact) mass is 354 g/mol. The normalized spacial score (nSPS) is 9.93. The van der Waals surface area contributed by atoms with Crippen molar-refractivity contribution in [1.82, 2.24) is 0 Å². The van der Waals surface area contributed by atoms with Gasteiger partial charge in [0.15, 0.2) is 0 Å². The van der Waals surface area contributed by atoms with E-state index in [1.54, 1.807) is 24.5 Å². The van der Waals surface area contributed by atoms with Crippen molar-refractivity contribution in [3.63, 3.8) is 0 Å². The Kier molecular flexibility index (Phi) is 5.79. The highest BCUT2D eigenvalue weighted by atomic mass is 16.5. The number of ether oxygens (including phenoxy) is 1. The fourth-order valence-electron chi connectivity index (χ4n) is 2.91. The van der Waals surface area contributed by atoms with E-state index in [1.165, 1.54) is 11.1 Å². The highest BCUT2D eigenvalue weighted by molar-refractivity contribution is 5.57. The Morgan fingerprint density at radius 3 is 2.19 bits per heavy atom. The maximum Gasteiger partial charge on any atom is 0.292 e. The molecular weight excluding hydrogens is 336 g/mol. The molecule has 0 saturated heterocycles. The van der Waals surface area contributed by atoms with E-state index >= 15 is 0 Å². The van der Waals surface area contributed by atoms with Crippen LogP contribution in [0.5, 0.6) is 5.75 Å². The van der Waals surface area contributed by atoms with E-state index in [-0.39, 0.29) is 0 Å². The second-order valence-electron chi connectivity index (χ2n) is 6.34. The van der Waals surface area contributed by atoms with Crippen molar-refractivity contribution in [2.24, 2.45) is 4.99 Å². The lowest BCUT2D eigenvalue weighted by Gasteiger charge is -2.09. The van der Waals surface area contributed by atoms with Crippen LogP contribution < -0.4 is 4.74 Å². The Hall–Kier alpha value is -3.67. The molecular formula is C23H18N2O2. The predicted octanol–water partition coefficient (Wildman–Crippen LogP) is 5.00. The number of nitriles is 1. The SMILES string of the molecule is Cc1ccc(Cc2ccc(Cc3ccc(OC#N)cc3)cc2N=C=O)cc1. The average Bonchev–Trinajstić information content (AvgIpc) is 2.67. The largest absolute Gasteiger partial charge is 0.388 e. The van der Waals surface area contributed by atoms with Gasteiger partial charge in [0.2, 0.25) is 6.08 Å². The van der Waals surface area contributed by atoms with Crippen molar-refractivity contribution < 1.29 is 9.53 Å². The van der Waals surface area contributed by atoms with Gasteiger partial charge in [0.05, 0.1) is 5.69 Å². The average molecular weight is 354 g/mol. The molecule has 4 nitrogen and oxygen atoms in total. The molecule has 0 radical (unpaired) electrons. The van der Waals surface area contributed by atoms with Crippen LogP contribution in [0.2, 0.25) is 0 Å². The Labute approximate surface area is 158 Å². The fraction of sp³-hybridized carbons (Fsp3) is 0.130. The van der Waals surface area contributed by atoms with E-state index in [2.05, 4.69) is 36.2 Å². The molecule has 0 aliphatic carbocycles. The van der Waals surface area contributed by atoms with E-state index < -0.39 is 0 Å². The maximum atomic E-state index is 10.9. The van der Waals surface area contributed by atoms with Gasteiger partial charge >= 0.3 is 0 Å². The van der Waals surface area contributed by atoms with Gasteiger partial charge in [-0.3, -0.25) is 0 Å². The smallest absolute Gasteiger partial charge is 0.292 e. The van der Waals surface area contributed by atoms with E-state index in [1.807, 2.05) is 30.3 Å². The number of nitrogens with zero attached hydrogens (tertiary/aromatic N) is 2. The summed E-state index contributed by atoms with van der Waals surface area (Å²) in [5.74, 6) is 0.515. The van der Waals surface area contributed by atoms with Gasteiger partial charge in [0.1, 0.15) is 5.75 Å². The highest BCUT2D eigenvalue weighted by Crippen LogP contribution is 2.25. The van der Waals surface area contributed by atoms with Gasteiger partial charge in [-0.05, 0) is 60.2 Å². The van der Waals surface area contributed by atoms with Gasteiger partial charge in [-0.2, -0.15) is 4.99 Å². The predicted molar refractivity (Wildman–Crippen MR) is 104 cm³/mol. The summed E-state index contributed by atoms with van der Waals surface area (Å²) in [6, 6.07) is 21.7. The number of aliphatic imine (C=N–C) groups is 1. The van der Waals surface area contributed by atoms with Crippen LogP contribution in [0, 0.1) is 18.4 Å². The fourth-order valence-corrected chi connectivity index (χ4v) is 2.91. The summed E-state index contributed by atoms with van der Waals surface area (Å²) in [6.45, 7) is 2.06. The van der Waals surface area contributed by atoms with Gasteiger partial charge in [0.25, 0.3) is 6.26 Å². The topological polar surface area (TPSA) is 62.4 Å². The first kappa shape index (κ1) is 18.1. The van der Waals surface area contributed by atoms with Crippen molar-refractivity contribution in [3.05, 3.63) is 94.5 Å². The molecule has 0 bridgehead atoms. The standard InChI is InChI=1S/C23H18N2O2/c1-17-2-4-19(5-3-17)13-21-9-6-20(14-23(21)25-16-26)12-18-7-10-22(11-8-18)27-15-24/h2-11,14H,12-13H2,1H3. The zero-order valence-corrected chi connectivity index (χ0v) is 15.0. The maximum absolute atomic E-state index is 10.9. The number of hydrogen-bond donors (Lipinski definition) is 0. The number of carbonyl (C=O) groups excluding carboxylic acids is 1. The first-order valence-electron chi connectivity index (χ1n) is 8.58. The van der Waals surface area contributed by atoms with E-state index in [0.29, 0.717) is 24.3 Å². The second kappa shape index (κ2) is 8.62. The minimum Gasteiger partial charge on any atom is -0.388 e. The van der Waals surface area contributed by atoms with Gasteiger partial charge in [0, 0.05) is 0 Å². The summed E-state index contributed by atoms with van der Waals surface area (Å²) < 4.78 is 4.79. The molecule has 0 aliphatic heterocycles. The van der Waals surface area contributed by atoms with Crippen LogP contribution in [0.1, 0.15) is 27.8 Å². The van der Waals surface area contributed by atoms with Crippen molar-refractivity contribution in [1.29, 1.82) is 5.26 Å². The molecule has 0 fully saturated rings.